The molecule has 0 heterocycles. The summed E-state index contributed by atoms with van der Waals surface area (Å²) < 4.78 is 0. The number of hydrogen-bond donors (Lipinski definition) is 2. The van der Waals surface area contributed by atoms with Gasteiger partial charge in [0.25, 0.3) is 0 Å². The van der Waals surface area contributed by atoms with Gasteiger partial charge in [-0.15, -0.1) is 5.70 Å². The van der Waals surface area contributed by atoms with E-state index >= 15 is 0 Å². The molecule has 0 saturated heterocycles. The van der Waals surface area contributed by atoms with Gasteiger partial charge in [-0.1, -0.05) is 73.8 Å². The zero-order chi connectivity index (χ0) is 16.4. The zero-order valence-corrected chi connectivity index (χ0v) is 19.7. The molecule has 2 N–H and O–H groups in total. The molecule has 0 amide bonds. The van der Waals surface area contributed by atoms with Crippen molar-refractivity contribution in [3.63, 3.8) is 0 Å². The van der Waals surface area contributed by atoms with Gasteiger partial charge in [-0.25, -0.2) is 0 Å². The van der Waals surface area contributed by atoms with Gasteiger partial charge in [-0.2, -0.15) is 0 Å². The van der Waals surface area contributed by atoms with Crippen molar-refractivity contribution in [2.45, 2.75) is 84.0 Å². The fourth-order valence-corrected chi connectivity index (χ4v) is 4.82. The highest BCUT2D eigenvalue weighted by Crippen LogP contribution is 2.36. The molecule has 0 aromatic carbocycles. The van der Waals surface area contributed by atoms with Gasteiger partial charge in [0.15, 0.2) is 0 Å². The Labute approximate surface area is 132 Å². The maximum atomic E-state index is 3.96. The van der Waals surface area contributed by atoms with Crippen LogP contribution < -0.4 is 9.96 Å². The average molecular weight is 331 g/mol. The largest absolute Gasteiger partial charge is 0.320 e. The number of hydrogen-bond acceptors (Lipinski definition) is 2. The first kappa shape index (κ1) is 20.3. The Morgan fingerprint density at radius 2 is 1.10 bits per heavy atom. The minimum absolute atomic E-state index is 0.328. The third kappa shape index (κ3) is 5.60. The lowest BCUT2D eigenvalue weighted by atomic mass is 10.2. The highest BCUT2D eigenvalue weighted by atomic mass is 28.3. The topological polar surface area (TPSA) is 24.1 Å². The van der Waals surface area contributed by atoms with E-state index in [4.69, 9.17) is 0 Å². The van der Waals surface area contributed by atoms with E-state index in [1.54, 1.807) is 0 Å². The second-order valence-corrected chi connectivity index (χ2v) is 19.8. The first-order valence-electron chi connectivity index (χ1n) is 7.82. The Balaban J connectivity index is 5.12. The molecule has 0 fully saturated rings. The predicted octanol–water partition coefficient (Wildman–Crippen LogP) is 3.38. The van der Waals surface area contributed by atoms with Crippen molar-refractivity contribution in [1.82, 2.24) is 9.96 Å². The molecule has 0 saturated carbocycles. The van der Waals surface area contributed by atoms with Crippen LogP contribution in [-0.2, 0) is 0 Å². The standard InChI is InChI=1S/C15H38N2Si3/c1-14(2,3)19(7,8)16-13(11-12-18)17-20(9,10)15(4,5)6/h11-13,16-17H,1-10,18H3. The maximum Gasteiger partial charge on any atom is 0.126 e. The van der Waals surface area contributed by atoms with Crippen molar-refractivity contribution < 1.29 is 0 Å². The third-order valence-electron chi connectivity index (χ3n) is 5.17. The average Bonchev–Trinajstić information content (AvgIpc) is 2.12. The molecule has 0 bridgehead atoms. The SMILES string of the molecule is CC(C)(C)[Si](C)(C)NC(C=C[SiH3])N[Si](C)(C)C(C)(C)C. The quantitative estimate of drug-likeness (QED) is 0.596. The molecule has 120 valence electrons. The van der Waals surface area contributed by atoms with Crippen LogP contribution in [0.25, 0.3) is 0 Å². The summed E-state index contributed by atoms with van der Waals surface area (Å²) in [7, 11) is -1.86. The molecule has 0 spiro atoms. The summed E-state index contributed by atoms with van der Waals surface area (Å²) in [5, 5.41) is 0.721. The fraction of sp³-hybridized carbons (Fsp3) is 0.867. The van der Waals surface area contributed by atoms with Crippen molar-refractivity contribution >= 4 is 26.7 Å². The van der Waals surface area contributed by atoms with Crippen LogP contribution in [0.1, 0.15) is 41.5 Å². The summed E-state index contributed by atoms with van der Waals surface area (Å²) in [6.07, 6.45) is 2.67. The molecule has 0 aliphatic carbocycles. The molecule has 0 aromatic heterocycles. The summed E-state index contributed by atoms with van der Waals surface area (Å²) in [4.78, 5) is 7.92. The first-order valence-corrected chi connectivity index (χ1v) is 15.0. The van der Waals surface area contributed by atoms with Crippen LogP contribution in [0.15, 0.2) is 11.8 Å². The highest BCUT2D eigenvalue weighted by molar-refractivity contribution is 6.79. The van der Waals surface area contributed by atoms with Crippen LogP contribution in [0.3, 0.4) is 0 Å². The zero-order valence-electron chi connectivity index (χ0n) is 15.7. The fourth-order valence-electron chi connectivity index (χ4n) is 1.54. The summed E-state index contributed by atoms with van der Waals surface area (Å²) in [5.74, 6) is 0. The van der Waals surface area contributed by atoms with Gasteiger partial charge in [-0.3, -0.25) is 0 Å². The molecule has 0 atom stereocenters. The Bertz CT molecular complexity index is 308. The van der Waals surface area contributed by atoms with Crippen molar-refractivity contribution in [1.29, 1.82) is 0 Å². The van der Waals surface area contributed by atoms with E-state index in [1.165, 1.54) is 0 Å². The van der Waals surface area contributed by atoms with Gasteiger partial charge < -0.3 is 9.96 Å². The lowest BCUT2D eigenvalue weighted by Gasteiger charge is -2.44. The second-order valence-electron chi connectivity index (χ2n) is 9.04. The molecule has 0 unspecified atom stereocenters. The minimum atomic E-state index is -1.49. The lowest BCUT2D eigenvalue weighted by Crippen LogP contribution is -2.65. The van der Waals surface area contributed by atoms with E-state index in [-0.39, 0.29) is 0 Å². The van der Waals surface area contributed by atoms with Gasteiger partial charge in [0.05, 0.1) is 6.17 Å². The molecule has 0 rings (SSSR count). The van der Waals surface area contributed by atoms with Crippen LogP contribution in [0.4, 0.5) is 0 Å². The van der Waals surface area contributed by atoms with E-state index < -0.39 is 16.5 Å². The van der Waals surface area contributed by atoms with Crippen molar-refractivity contribution in [2.24, 2.45) is 0 Å². The minimum Gasteiger partial charge on any atom is -0.320 e. The Morgan fingerprint density at radius 1 is 0.800 bits per heavy atom. The molecule has 20 heavy (non-hydrogen) atoms. The van der Waals surface area contributed by atoms with Crippen LogP contribution in [0, 0.1) is 0 Å². The van der Waals surface area contributed by atoms with E-state index in [1.807, 2.05) is 0 Å². The van der Waals surface area contributed by atoms with Gasteiger partial charge in [-0.05, 0) is 10.1 Å². The van der Waals surface area contributed by atoms with Gasteiger partial charge in [0, 0.05) is 10.2 Å². The molecule has 0 aromatic rings. The van der Waals surface area contributed by atoms with E-state index in [0.717, 1.165) is 10.2 Å². The molecule has 0 aliphatic heterocycles. The first-order chi connectivity index (χ1) is 8.64. The molecular weight excluding hydrogens is 292 g/mol. The number of rotatable bonds is 5. The van der Waals surface area contributed by atoms with Crippen LogP contribution in [-0.4, -0.2) is 32.9 Å². The van der Waals surface area contributed by atoms with E-state index in [2.05, 4.69) is 89.5 Å². The van der Waals surface area contributed by atoms with E-state index in [9.17, 15) is 0 Å². The van der Waals surface area contributed by atoms with Crippen LogP contribution in [0.5, 0.6) is 0 Å². The summed E-state index contributed by atoms with van der Waals surface area (Å²) in [6.45, 7) is 23.9. The van der Waals surface area contributed by atoms with E-state index in [0.29, 0.717) is 16.2 Å². The van der Waals surface area contributed by atoms with Crippen LogP contribution in [0.2, 0.25) is 36.3 Å². The summed E-state index contributed by atoms with van der Waals surface area (Å²) in [5.41, 5.74) is 2.30. The molecule has 5 heteroatoms. The Hall–Kier alpha value is 0.311. The monoisotopic (exact) mass is 330 g/mol. The molecular formula is C15H38N2Si3. The highest BCUT2D eigenvalue weighted by Gasteiger charge is 2.40. The summed E-state index contributed by atoms with van der Waals surface area (Å²) in [6, 6.07) is 0. The van der Waals surface area contributed by atoms with Gasteiger partial charge in [0.2, 0.25) is 0 Å². The maximum absolute atomic E-state index is 3.96. The smallest absolute Gasteiger partial charge is 0.126 e. The third-order valence-corrected chi connectivity index (χ3v) is 15.1. The van der Waals surface area contributed by atoms with Crippen LogP contribution >= 0.6 is 0 Å². The second kappa shape index (κ2) is 6.60. The van der Waals surface area contributed by atoms with Crippen molar-refractivity contribution in [2.75, 3.05) is 0 Å². The number of nitrogens with one attached hydrogen (secondary N) is 2. The lowest BCUT2D eigenvalue weighted by molar-refractivity contribution is 0.600. The van der Waals surface area contributed by atoms with Gasteiger partial charge >= 0.3 is 0 Å². The van der Waals surface area contributed by atoms with Crippen molar-refractivity contribution in [3.8, 4) is 0 Å². The van der Waals surface area contributed by atoms with Crippen molar-refractivity contribution in [3.05, 3.63) is 11.8 Å². The molecule has 0 radical (unpaired) electrons. The summed E-state index contributed by atoms with van der Waals surface area (Å²) >= 11 is 0. The normalized spacial score (nSPS) is 15.6. The molecule has 2 nitrogen and oxygen atoms in total. The predicted molar refractivity (Wildman–Crippen MR) is 104 cm³/mol. The molecule has 0 aliphatic rings. The van der Waals surface area contributed by atoms with Gasteiger partial charge in [0.1, 0.15) is 16.5 Å². The Morgan fingerprint density at radius 3 is 1.30 bits per heavy atom. The Kier molecular flexibility index (Phi) is 6.71.